The molecular formula is C19H22ClN3S. The monoisotopic (exact) mass is 359 g/mol. The van der Waals surface area contributed by atoms with E-state index in [-0.39, 0.29) is 0 Å². The summed E-state index contributed by atoms with van der Waals surface area (Å²) in [5.74, 6) is 0. The lowest BCUT2D eigenvalue weighted by Gasteiger charge is -2.37. The van der Waals surface area contributed by atoms with Gasteiger partial charge in [0.25, 0.3) is 0 Å². The first-order chi connectivity index (χ1) is 11.6. The average Bonchev–Trinajstić information content (AvgIpc) is 2.59. The maximum Gasteiger partial charge on any atom is 0.174 e. The Morgan fingerprint density at radius 3 is 2.67 bits per heavy atom. The van der Waals surface area contributed by atoms with Gasteiger partial charge in [-0.05, 0) is 48.8 Å². The third kappa shape index (κ3) is 4.26. The fourth-order valence-electron chi connectivity index (χ4n) is 2.94. The highest BCUT2D eigenvalue weighted by molar-refractivity contribution is 7.80. The molecule has 0 atom stereocenters. The van der Waals surface area contributed by atoms with Crippen molar-refractivity contribution in [2.24, 2.45) is 0 Å². The summed E-state index contributed by atoms with van der Waals surface area (Å²) in [4.78, 5) is 4.61. The number of hydrogen-bond donors (Lipinski definition) is 1. The van der Waals surface area contributed by atoms with Gasteiger partial charge in [-0.1, -0.05) is 48.0 Å². The van der Waals surface area contributed by atoms with Crippen molar-refractivity contribution in [3.63, 3.8) is 0 Å². The summed E-state index contributed by atoms with van der Waals surface area (Å²) in [5, 5.41) is 4.99. The topological polar surface area (TPSA) is 18.5 Å². The Morgan fingerprint density at radius 2 is 1.88 bits per heavy atom. The quantitative estimate of drug-likeness (QED) is 0.812. The van der Waals surface area contributed by atoms with Gasteiger partial charge in [-0.25, -0.2) is 0 Å². The minimum atomic E-state index is 0.785. The normalized spacial score (nSPS) is 15.3. The van der Waals surface area contributed by atoms with Gasteiger partial charge in [0.05, 0.1) is 6.67 Å². The van der Waals surface area contributed by atoms with Gasteiger partial charge in [0.2, 0.25) is 0 Å². The number of nitrogens with one attached hydrogen (secondary N) is 1. The summed E-state index contributed by atoms with van der Waals surface area (Å²) in [6.07, 6.45) is 1.10. The smallest absolute Gasteiger partial charge is 0.174 e. The summed E-state index contributed by atoms with van der Waals surface area (Å²) >= 11 is 11.9. The molecule has 0 aliphatic carbocycles. The first-order valence-electron chi connectivity index (χ1n) is 8.21. The maximum atomic E-state index is 6.29. The first kappa shape index (κ1) is 17.2. The van der Waals surface area contributed by atoms with Crippen molar-refractivity contribution in [3.05, 3.63) is 64.7 Å². The average molecular weight is 360 g/mol. The Kier molecular flexibility index (Phi) is 5.72. The molecule has 0 spiro atoms. The summed E-state index contributed by atoms with van der Waals surface area (Å²) in [6.45, 7) is 5.81. The van der Waals surface area contributed by atoms with E-state index in [1.54, 1.807) is 0 Å². The van der Waals surface area contributed by atoms with E-state index in [0.717, 1.165) is 48.5 Å². The summed E-state index contributed by atoms with van der Waals surface area (Å²) < 4.78 is 0. The summed E-state index contributed by atoms with van der Waals surface area (Å²) in [5.41, 5.74) is 3.44. The van der Waals surface area contributed by atoms with Gasteiger partial charge in [0.1, 0.15) is 0 Å². The van der Waals surface area contributed by atoms with Crippen molar-refractivity contribution in [2.45, 2.75) is 19.9 Å². The molecule has 3 nitrogen and oxygen atoms in total. The number of thiocarbonyl (C=S) groups is 1. The number of anilines is 1. The first-order valence-corrected chi connectivity index (χ1v) is 8.99. The van der Waals surface area contributed by atoms with Gasteiger partial charge in [0.15, 0.2) is 5.11 Å². The lowest BCUT2D eigenvalue weighted by atomic mass is 10.2. The second-order valence-corrected chi connectivity index (χ2v) is 6.94. The van der Waals surface area contributed by atoms with Gasteiger partial charge < -0.3 is 10.2 Å². The van der Waals surface area contributed by atoms with Crippen molar-refractivity contribution in [1.82, 2.24) is 9.80 Å². The van der Waals surface area contributed by atoms with Gasteiger partial charge in [0, 0.05) is 30.3 Å². The zero-order valence-electron chi connectivity index (χ0n) is 13.8. The van der Waals surface area contributed by atoms with E-state index in [0.29, 0.717) is 0 Å². The minimum Gasteiger partial charge on any atom is -0.336 e. The molecule has 1 fully saturated rings. The molecule has 0 saturated carbocycles. The van der Waals surface area contributed by atoms with Crippen molar-refractivity contribution in [1.29, 1.82) is 0 Å². The molecule has 0 aromatic heterocycles. The zero-order chi connectivity index (χ0) is 16.9. The van der Waals surface area contributed by atoms with E-state index in [1.165, 1.54) is 11.1 Å². The molecule has 0 unspecified atom stereocenters. The Morgan fingerprint density at radius 1 is 1.12 bits per heavy atom. The lowest BCUT2D eigenvalue weighted by molar-refractivity contribution is 0.134. The fraction of sp³-hybridized carbons (Fsp3) is 0.316. The number of hydrogen-bond acceptors (Lipinski definition) is 2. The molecule has 3 rings (SSSR count). The van der Waals surface area contributed by atoms with Crippen LogP contribution < -0.4 is 5.32 Å². The molecule has 0 amide bonds. The van der Waals surface area contributed by atoms with Gasteiger partial charge in [-0.15, -0.1) is 0 Å². The van der Waals surface area contributed by atoms with Crippen LogP contribution in [0.5, 0.6) is 0 Å². The largest absolute Gasteiger partial charge is 0.336 e. The molecule has 24 heavy (non-hydrogen) atoms. The molecule has 126 valence electrons. The van der Waals surface area contributed by atoms with Crippen LogP contribution in [0.4, 0.5) is 5.69 Å². The van der Waals surface area contributed by atoms with E-state index in [1.807, 2.05) is 30.3 Å². The molecule has 1 N–H and O–H groups in total. The predicted molar refractivity (Wildman–Crippen MR) is 105 cm³/mol. The molecule has 5 heteroatoms. The number of rotatable bonds is 3. The SMILES string of the molecule is Cc1ccccc1NC(=S)N1CCCN(Cc2ccccc2Cl)C1. The number of para-hydroxylation sites is 1. The zero-order valence-corrected chi connectivity index (χ0v) is 15.4. The second-order valence-electron chi connectivity index (χ2n) is 6.15. The summed E-state index contributed by atoms with van der Waals surface area (Å²) in [6, 6.07) is 16.3. The number of halogens is 1. The van der Waals surface area contributed by atoms with Crippen LogP contribution in [0, 0.1) is 6.92 Å². The van der Waals surface area contributed by atoms with Crippen molar-refractivity contribution < 1.29 is 0 Å². The van der Waals surface area contributed by atoms with Crippen LogP contribution in [0.1, 0.15) is 17.5 Å². The van der Waals surface area contributed by atoms with Crippen LogP contribution in [0.15, 0.2) is 48.5 Å². The molecule has 0 radical (unpaired) electrons. The van der Waals surface area contributed by atoms with E-state index in [2.05, 4.69) is 40.2 Å². The van der Waals surface area contributed by atoms with E-state index < -0.39 is 0 Å². The van der Waals surface area contributed by atoms with Crippen LogP contribution >= 0.6 is 23.8 Å². The van der Waals surface area contributed by atoms with Crippen molar-refractivity contribution >= 4 is 34.6 Å². The molecule has 1 saturated heterocycles. The van der Waals surface area contributed by atoms with Crippen molar-refractivity contribution in [2.75, 3.05) is 25.1 Å². The lowest BCUT2D eigenvalue weighted by Crippen LogP contribution is -2.48. The Labute approximate surface area is 154 Å². The fourth-order valence-corrected chi connectivity index (χ4v) is 3.39. The standard InChI is InChI=1S/C19H22ClN3S/c1-15-7-2-5-10-18(15)21-19(24)23-12-6-11-22(14-23)13-16-8-3-4-9-17(16)20/h2-5,7-10H,6,11-14H2,1H3,(H,21,24). The highest BCUT2D eigenvalue weighted by atomic mass is 35.5. The minimum absolute atomic E-state index is 0.785. The Bertz CT molecular complexity index is 719. The molecule has 1 aliphatic heterocycles. The molecule has 1 aliphatic rings. The van der Waals surface area contributed by atoms with Gasteiger partial charge in [-0.2, -0.15) is 0 Å². The predicted octanol–water partition coefficient (Wildman–Crippen LogP) is 4.51. The van der Waals surface area contributed by atoms with E-state index in [4.69, 9.17) is 23.8 Å². The number of nitrogens with zero attached hydrogens (tertiary/aromatic N) is 2. The van der Waals surface area contributed by atoms with Crippen LogP contribution in [-0.4, -0.2) is 34.7 Å². The third-order valence-electron chi connectivity index (χ3n) is 4.30. The Hall–Kier alpha value is -1.62. The second kappa shape index (κ2) is 7.97. The number of aryl methyl sites for hydroxylation is 1. The van der Waals surface area contributed by atoms with Crippen molar-refractivity contribution in [3.8, 4) is 0 Å². The summed E-state index contributed by atoms with van der Waals surface area (Å²) in [7, 11) is 0. The molecule has 0 bridgehead atoms. The van der Waals surface area contributed by atoms with Crippen LogP contribution in [0.25, 0.3) is 0 Å². The highest BCUT2D eigenvalue weighted by Crippen LogP contribution is 2.20. The molecule has 1 heterocycles. The molecular weight excluding hydrogens is 338 g/mol. The number of benzene rings is 2. The maximum absolute atomic E-state index is 6.29. The van der Waals surface area contributed by atoms with Gasteiger partial charge in [-0.3, -0.25) is 4.90 Å². The van der Waals surface area contributed by atoms with Crippen LogP contribution in [-0.2, 0) is 6.54 Å². The van der Waals surface area contributed by atoms with E-state index >= 15 is 0 Å². The molecule has 2 aromatic carbocycles. The molecule has 2 aromatic rings. The Balaban J connectivity index is 1.62. The van der Waals surface area contributed by atoms with Crippen LogP contribution in [0.3, 0.4) is 0 Å². The van der Waals surface area contributed by atoms with Gasteiger partial charge >= 0.3 is 0 Å². The van der Waals surface area contributed by atoms with E-state index in [9.17, 15) is 0 Å². The highest BCUT2D eigenvalue weighted by Gasteiger charge is 2.20. The third-order valence-corrected chi connectivity index (χ3v) is 5.03. The van der Waals surface area contributed by atoms with Crippen LogP contribution in [0.2, 0.25) is 5.02 Å².